The van der Waals surface area contributed by atoms with Crippen LogP contribution >= 0.6 is 23.2 Å². The summed E-state index contributed by atoms with van der Waals surface area (Å²) in [5.74, 6) is -1.79. The molecule has 0 aliphatic carbocycles. The first-order valence-electron chi connectivity index (χ1n) is 6.38. The van der Waals surface area contributed by atoms with Crippen LogP contribution in [0.2, 0.25) is 5.02 Å². The van der Waals surface area contributed by atoms with E-state index in [2.05, 4.69) is 0 Å². The fraction of sp³-hybridized carbons (Fsp3) is 0.308. The smallest absolute Gasteiger partial charge is 0.497 e. The number of Topliss-reactive ketones (excluding diaryl/α,β-unsaturated/α-hetero) is 1. The molecule has 0 bridgehead atoms. The molecule has 1 fully saturated rings. The Hall–Kier alpha value is -1.57. The minimum atomic E-state index is -1.46. The number of carbonyl (C=O) groups is 3. The van der Waals surface area contributed by atoms with Crippen LogP contribution in [0.3, 0.4) is 0 Å². The van der Waals surface area contributed by atoms with Crippen LogP contribution in [0.4, 0.5) is 0 Å². The molecule has 1 heterocycles. The molecule has 0 amide bonds. The van der Waals surface area contributed by atoms with Crippen LogP contribution in [0, 0.1) is 0 Å². The highest BCUT2D eigenvalue weighted by molar-refractivity contribution is 6.69. The normalized spacial score (nSPS) is 18.0. The molecule has 2 rings (SSSR count). The van der Waals surface area contributed by atoms with Gasteiger partial charge >= 0.3 is 19.1 Å². The number of hydrogen-bond acceptors (Lipinski definition) is 6. The lowest BCUT2D eigenvalue weighted by atomic mass is 9.79. The second kappa shape index (κ2) is 7.13. The van der Waals surface area contributed by atoms with Gasteiger partial charge in [-0.15, -0.1) is 11.6 Å². The van der Waals surface area contributed by atoms with E-state index in [1.807, 2.05) is 0 Å². The zero-order valence-corrected chi connectivity index (χ0v) is 13.1. The van der Waals surface area contributed by atoms with Crippen molar-refractivity contribution in [2.45, 2.75) is 5.28 Å². The maximum absolute atomic E-state index is 12.3. The van der Waals surface area contributed by atoms with Gasteiger partial charge in [0.15, 0.2) is 11.1 Å². The monoisotopic (exact) mass is 343 g/mol. The van der Waals surface area contributed by atoms with Crippen LogP contribution < -0.4 is 0 Å². The van der Waals surface area contributed by atoms with Crippen LogP contribution in [0.1, 0.15) is 10.4 Å². The van der Waals surface area contributed by atoms with Gasteiger partial charge in [-0.2, -0.15) is 0 Å². The third kappa shape index (κ3) is 4.22. The van der Waals surface area contributed by atoms with E-state index in [4.69, 9.17) is 32.5 Å². The van der Waals surface area contributed by atoms with E-state index in [0.29, 0.717) is 5.02 Å². The Bertz CT molecular complexity index is 575. The average Bonchev–Trinajstić information content (AvgIpc) is 2.44. The van der Waals surface area contributed by atoms with Gasteiger partial charge in [0.1, 0.15) is 0 Å². The molecule has 0 spiro atoms. The largest absolute Gasteiger partial charge is 0.626 e. The lowest BCUT2D eigenvalue weighted by Crippen LogP contribution is -2.48. The van der Waals surface area contributed by atoms with Crippen molar-refractivity contribution in [2.24, 2.45) is 0 Å². The van der Waals surface area contributed by atoms with Crippen LogP contribution in [0.5, 0.6) is 0 Å². The number of benzene rings is 1. The van der Waals surface area contributed by atoms with Crippen molar-refractivity contribution in [2.75, 3.05) is 20.1 Å². The Morgan fingerprint density at radius 1 is 1.18 bits per heavy atom. The highest BCUT2D eigenvalue weighted by Gasteiger charge is 2.43. The minimum absolute atomic E-state index is 0.0929. The van der Waals surface area contributed by atoms with E-state index in [-0.39, 0.29) is 18.7 Å². The summed E-state index contributed by atoms with van der Waals surface area (Å²) >= 11 is 11.8. The SMILES string of the molecule is CN1CC(=O)OB([C@@H](Cl)C(=O)c2ccc(Cl)cc2)OC(=O)C1. The van der Waals surface area contributed by atoms with Crippen molar-refractivity contribution in [1.29, 1.82) is 0 Å². The number of ketones is 1. The van der Waals surface area contributed by atoms with Crippen LogP contribution in [0.15, 0.2) is 24.3 Å². The molecule has 1 aromatic carbocycles. The Kier molecular flexibility index (Phi) is 5.44. The number of likely N-dealkylation sites (N-methyl/N-ethyl adjacent to an activating group) is 1. The molecular weight excluding hydrogens is 332 g/mol. The molecule has 1 saturated heterocycles. The van der Waals surface area contributed by atoms with Gasteiger partial charge in [-0.3, -0.25) is 19.3 Å². The highest BCUT2D eigenvalue weighted by atomic mass is 35.5. The van der Waals surface area contributed by atoms with E-state index in [1.165, 1.54) is 29.2 Å². The van der Waals surface area contributed by atoms with Gasteiger partial charge < -0.3 is 9.31 Å². The predicted octanol–water partition coefficient (Wildman–Crippen LogP) is 1.19. The number of alkyl halides is 1. The topological polar surface area (TPSA) is 72.9 Å². The number of nitrogens with zero attached hydrogens (tertiary/aromatic N) is 1. The molecule has 6 nitrogen and oxygen atoms in total. The summed E-state index contributed by atoms with van der Waals surface area (Å²) < 4.78 is 9.92. The third-order valence-electron chi connectivity index (χ3n) is 2.91. The van der Waals surface area contributed by atoms with Crippen molar-refractivity contribution in [3.05, 3.63) is 34.9 Å². The zero-order valence-electron chi connectivity index (χ0n) is 11.6. The molecule has 116 valence electrons. The summed E-state index contributed by atoms with van der Waals surface area (Å²) in [6.45, 7) is -0.186. The van der Waals surface area contributed by atoms with Crippen molar-refractivity contribution in [3.63, 3.8) is 0 Å². The molecule has 22 heavy (non-hydrogen) atoms. The molecule has 0 unspecified atom stereocenters. The Morgan fingerprint density at radius 3 is 2.18 bits per heavy atom. The first-order valence-corrected chi connectivity index (χ1v) is 7.19. The van der Waals surface area contributed by atoms with Crippen molar-refractivity contribution in [1.82, 2.24) is 4.90 Å². The van der Waals surface area contributed by atoms with Crippen LogP contribution in [-0.2, 0) is 18.9 Å². The molecule has 1 aromatic rings. The van der Waals surface area contributed by atoms with Gasteiger partial charge in [-0.05, 0) is 31.3 Å². The fourth-order valence-electron chi connectivity index (χ4n) is 1.87. The minimum Gasteiger partial charge on any atom is -0.497 e. The Labute approximate surface area is 137 Å². The second-order valence-electron chi connectivity index (χ2n) is 4.79. The first kappa shape index (κ1) is 16.8. The second-order valence-corrected chi connectivity index (χ2v) is 5.70. The summed E-state index contributed by atoms with van der Waals surface area (Å²) in [5, 5.41) is -0.869. The molecule has 9 heteroatoms. The maximum Gasteiger partial charge on any atom is 0.626 e. The van der Waals surface area contributed by atoms with Gasteiger partial charge in [-0.25, -0.2) is 0 Å². The van der Waals surface area contributed by atoms with Crippen LogP contribution in [0.25, 0.3) is 0 Å². The van der Waals surface area contributed by atoms with Crippen molar-refractivity contribution in [3.8, 4) is 0 Å². The Balaban J connectivity index is 2.13. The number of rotatable bonds is 3. The van der Waals surface area contributed by atoms with E-state index in [0.717, 1.165) is 0 Å². The molecule has 0 saturated carbocycles. The fourth-order valence-corrected chi connectivity index (χ4v) is 2.23. The lowest BCUT2D eigenvalue weighted by Gasteiger charge is -2.24. The lowest BCUT2D eigenvalue weighted by molar-refractivity contribution is -0.145. The molecule has 1 aliphatic heterocycles. The van der Waals surface area contributed by atoms with E-state index in [9.17, 15) is 14.4 Å². The quantitative estimate of drug-likeness (QED) is 0.466. The molecule has 0 radical (unpaired) electrons. The van der Waals surface area contributed by atoms with Gasteiger partial charge in [0.25, 0.3) is 0 Å². The third-order valence-corrected chi connectivity index (χ3v) is 3.57. The summed E-state index contributed by atoms with van der Waals surface area (Å²) in [6.07, 6.45) is 0. The van der Waals surface area contributed by atoms with E-state index in [1.54, 1.807) is 7.05 Å². The molecule has 0 N–H and O–H groups in total. The van der Waals surface area contributed by atoms with Crippen LogP contribution in [-0.4, -0.2) is 55.2 Å². The average molecular weight is 344 g/mol. The molecule has 1 aliphatic rings. The number of halogens is 2. The summed E-state index contributed by atoms with van der Waals surface area (Å²) in [7, 11) is 0.110. The maximum atomic E-state index is 12.3. The van der Waals surface area contributed by atoms with Crippen molar-refractivity contribution < 1.29 is 23.7 Å². The predicted molar refractivity (Wildman–Crippen MR) is 80.9 cm³/mol. The Morgan fingerprint density at radius 2 is 1.68 bits per heavy atom. The van der Waals surface area contributed by atoms with E-state index >= 15 is 0 Å². The van der Waals surface area contributed by atoms with Gasteiger partial charge in [0.05, 0.1) is 13.1 Å². The molecule has 0 aromatic heterocycles. The molecule has 1 atom stereocenters. The highest BCUT2D eigenvalue weighted by Crippen LogP contribution is 2.17. The summed E-state index contributed by atoms with van der Waals surface area (Å²) in [6, 6.07) is 6.04. The van der Waals surface area contributed by atoms with Gasteiger partial charge in [0, 0.05) is 10.6 Å². The summed E-state index contributed by atoms with van der Waals surface area (Å²) in [4.78, 5) is 37.0. The van der Waals surface area contributed by atoms with Gasteiger partial charge in [-0.1, -0.05) is 11.6 Å². The molecular formula is C13H12BCl2NO5. The first-order chi connectivity index (χ1) is 10.4. The van der Waals surface area contributed by atoms with E-state index < -0.39 is 30.1 Å². The number of hydrogen-bond donors (Lipinski definition) is 0. The summed E-state index contributed by atoms with van der Waals surface area (Å²) in [5.41, 5.74) is 0.274. The standard InChI is InChI=1S/C13H12BCl2NO5/c1-17-6-10(18)21-14(22-11(19)7-17)13(16)12(20)8-2-4-9(15)5-3-8/h2-5,13H,6-7H2,1H3/t13-/m0/s1. The number of carbonyl (C=O) groups excluding carboxylic acids is 3. The zero-order chi connectivity index (χ0) is 16.3. The van der Waals surface area contributed by atoms with Gasteiger partial charge in [0.2, 0.25) is 0 Å². The van der Waals surface area contributed by atoms with Crippen molar-refractivity contribution >= 4 is 48.0 Å².